The van der Waals surface area contributed by atoms with Crippen LogP contribution in [0.1, 0.15) is 18.9 Å². The Morgan fingerprint density at radius 3 is 2.50 bits per heavy atom. The molecule has 11 heteroatoms. The number of nitro benzene ring substituents is 1. The summed E-state index contributed by atoms with van der Waals surface area (Å²) in [7, 11) is -3.87. The number of fused-ring (bicyclic) bond motifs is 1. The number of hydrogen-bond acceptors (Lipinski definition) is 5. The molecule has 0 bridgehead atoms. The van der Waals surface area contributed by atoms with Gasteiger partial charge in [0.15, 0.2) is 5.11 Å². The average Bonchev–Trinajstić information content (AvgIpc) is 2.79. The third-order valence-electron chi connectivity index (χ3n) is 5.49. The zero-order chi connectivity index (χ0) is 24.5. The van der Waals surface area contributed by atoms with E-state index in [-0.39, 0.29) is 21.7 Å². The molecule has 0 saturated heterocycles. The number of thiocarbonyl (C=S) groups is 1. The second-order valence-corrected chi connectivity index (χ2v) is 10.1. The average molecular weight is 501 g/mol. The van der Waals surface area contributed by atoms with Gasteiger partial charge in [0, 0.05) is 29.5 Å². The van der Waals surface area contributed by atoms with Crippen LogP contribution in [0.15, 0.2) is 71.6 Å². The van der Waals surface area contributed by atoms with E-state index in [0.717, 1.165) is 0 Å². The summed E-state index contributed by atoms with van der Waals surface area (Å²) >= 11 is 5.26. The minimum atomic E-state index is -3.87. The molecule has 0 aliphatic carbocycles. The first kappa shape index (κ1) is 23.6. The Kier molecular flexibility index (Phi) is 6.49. The molecule has 3 aromatic rings. The van der Waals surface area contributed by atoms with Crippen molar-refractivity contribution in [3.05, 3.63) is 88.2 Å². The molecule has 176 valence electrons. The van der Waals surface area contributed by atoms with Crippen molar-refractivity contribution in [2.75, 3.05) is 14.9 Å². The quantitative estimate of drug-likeness (QED) is 0.286. The minimum Gasteiger partial charge on any atom is -0.332 e. The molecule has 1 atom stereocenters. The maximum absolute atomic E-state index is 13.7. The normalized spacial score (nSPS) is 15.4. The number of nitro groups is 1. The Labute approximate surface area is 201 Å². The number of rotatable bonds is 5. The van der Waals surface area contributed by atoms with Crippen LogP contribution in [0, 0.1) is 15.9 Å². The van der Waals surface area contributed by atoms with Crippen LogP contribution in [-0.2, 0) is 16.4 Å². The van der Waals surface area contributed by atoms with Gasteiger partial charge < -0.3 is 10.6 Å². The highest BCUT2D eigenvalue weighted by atomic mass is 32.2. The van der Waals surface area contributed by atoms with Gasteiger partial charge in [0.2, 0.25) is 0 Å². The van der Waals surface area contributed by atoms with Crippen LogP contribution in [0.3, 0.4) is 0 Å². The zero-order valence-electron chi connectivity index (χ0n) is 18.1. The van der Waals surface area contributed by atoms with E-state index in [4.69, 9.17) is 12.2 Å². The van der Waals surface area contributed by atoms with E-state index in [1.54, 1.807) is 18.2 Å². The van der Waals surface area contributed by atoms with Gasteiger partial charge in [-0.1, -0.05) is 6.07 Å². The highest BCUT2D eigenvalue weighted by Crippen LogP contribution is 2.36. The molecule has 0 fully saturated rings. The van der Waals surface area contributed by atoms with Crippen LogP contribution in [-0.4, -0.2) is 24.5 Å². The fourth-order valence-corrected chi connectivity index (χ4v) is 5.83. The fraction of sp³-hybridized carbons (Fsp3) is 0.174. The molecule has 1 heterocycles. The highest BCUT2D eigenvalue weighted by molar-refractivity contribution is 7.92. The summed E-state index contributed by atoms with van der Waals surface area (Å²) in [5.41, 5.74) is 2.07. The summed E-state index contributed by atoms with van der Waals surface area (Å²) < 4.78 is 41.9. The monoisotopic (exact) mass is 500 g/mol. The smallest absolute Gasteiger partial charge is 0.271 e. The molecule has 4 rings (SSSR count). The number of sulfonamides is 1. The van der Waals surface area contributed by atoms with E-state index in [9.17, 15) is 22.9 Å². The zero-order valence-corrected chi connectivity index (χ0v) is 19.7. The van der Waals surface area contributed by atoms with Crippen LogP contribution in [0.5, 0.6) is 0 Å². The first-order valence-electron chi connectivity index (χ1n) is 10.4. The van der Waals surface area contributed by atoms with Crippen molar-refractivity contribution in [3.63, 3.8) is 0 Å². The maximum Gasteiger partial charge on any atom is 0.271 e. The summed E-state index contributed by atoms with van der Waals surface area (Å²) in [6.45, 7) is 1.83. The Morgan fingerprint density at radius 2 is 1.79 bits per heavy atom. The van der Waals surface area contributed by atoms with E-state index in [0.29, 0.717) is 35.5 Å². The topological polar surface area (TPSA) is 105 Å². The number of nitrogens with zero attached hydrogens (tertiary/aromatic N) is 2. The van der Waals surface area contributed by atoms with Crippen LogP contribution < -0.4 is 14.9 Å². The van der Waals surface area contributed by atoms with E-state index < -0.39 is 20.8 Å². The van der Waals surface area contributed by atoms with E-state index >= 15 is 0 Å². The van der Waals surface area contributed by atoms with Crippen LogP contribution in [0.2, 0.25) is 0 Å². The summed E-state index contributed by atoms with van der Waals surface area (Å²) in [6.07, 6.45) is 1.20. The van der Waals surface area contributed by atoms with Gasteiger partial charge in [0.05, 0.1) is 15.5 Å². The van der Waals surface area contributed by atoms with Crippen LogP contribution >= 0.6 is 12.2 Å². The molecule has 8 nitrogen and oxygen atoms in total. The van der Waals surface area contributed by atoms with Gasteiger partial charge in [0.25, 0.3) is 15.7 Å². The lowest BCUT2D eigenvalue weighted by Crippen LogP contribution is -2.42. The Hall–Kier alpha value is -3.57. The summed E-state index contributed by atoms with van der Waals surface area (Å²) in [4.78, 5) is 10.5. The minimum absolute atomic E-state index is 0.0707. The van der Waals surface area contributed by atoms with Gasteiger partial charge in [-0.25, -0.2) is 12.8 Å². The molecule has 0 aromatic heterocycles. The molecular formula is C23H21FN4O4S2. The van der Waals surface area contributed by atoms with Crippen molar-refractivity contribution in [1.82, 2.24) is 0 Å². The van der Waals surface area contributed by atoms with Crippen molar-refractivity contribution in [3.8, 4) is 0 Å². The summed E-state index contributed by atoms with van der Waals surface area (Å²) in [6, 6.07) is 15.9. The molecule has 34 heavy (non-hydrogen) atoms. The molecule has 0 radical (unpaired) electrons. The van der Waals surface area contributed by atoms with Crippen molar-refractivity contribution < 1.29 is 17.7 Å². The third-order valence-corrected chi connectivity index (χ3v) is 7.64. The fourth-order valence-electron chi connectivity index (χ4n) is 3.87. The van der Waals surface area contributed by atoms with Crippen molar-refractivity contribution >= 4 is 50.1 Å². The molecule has 0 saturated carbocycles. The predicted octanol–water partition coefficient (Wildman–Crippen LogP) is 5.07. The molecule has 0 amide bonds. The number of halogens is 1. The molecule has 3 aromatic carbocycles. The van der Waals surface area contributed by atoms with Crippen molar-refractivity contribution in [2.45, 2.75) is 30.7 Å². The summed E-state index contributed by atoms with van der Waals surface area (Å²) in [5.74, 6) is -0.393. The number of hydrogen-bond donors (Lipinski definition) is 2. The van der Waals surface area contributed by atoms with Crippen LogP contribution in [0.4, 0.5) is 27.1 Å². The number of nitrogens with one attached hydrogen (secondary N) is 2. The second kappa shape index (κ2) is 9.35. The van der Waals surface area contributed by atoms with Crippen molar-refractivity contribution in [1.29, 1.82) is 0 Å². The molecule has 2 N–H and O–H groups in total. The first-order valence-corrected chi connectivity index (χ1v) is 12.3. The number of benzene rings is 3. The number of anilines is 3. The Morgan fingerprint density at radius 1 is 1.09 bits per heavy atom. The van der Waals surface area contributed by atoms with Gasteiger partial charge >= 0.3 is 0 Å². The van der Waals surface area contributed by atoms with Gasteiger partial charge in [-0.15, -0.1) is 0 Å². The van der Waals surface area contributed by atoms with Gasteiger partial charge in [-0.3, -0.25) is 14.4 Å². The van der Waals surface area contributed by atoms with E-state index in [1.165, 1.54) is 52.8 Å². The lowest BCUT2D eigenvalue weighted by molar-refractivity contribution is -0.384. The largest absolute Gasteiger partial charge is 0.332 e. The first-order chi connectivity index (χ1) is 16.1. The van der Waals surface area contributed by atoms with E-state index in [2.05, 4.69) is 10.6 Å². The maximum atomic E-state index is 13.7. The van der Waals surface area contributed by atoms with E-state index in [1.807, 2.05) is 6.92 Å². The third kappa shape index (κ3) is 4.85. The molecule has 0 unspecified atom stereocenters. The SMILES string of the molecule is C[C@H]1CCc2cc(F)ccc2N1S(=O)(=O)c1ccc(NC(=S)Nc2cccc([N+](=O)[O-])c2)cc1. The lowest BCUT2D eigenvalue weighted by atomic mass is 9.99. The standard InChI is InChI=1S/C23H21FN4O4S2/c1-15-5-6-16-13-17(24)7-12-22(16)27(15)34(31,32)21-10-8-18(9-11-21)25-23(33)26-19-3-2-4-20(14-19)28(29)30/h2-4,7-15H,5-6H2,1H3,(H2,25,26,33)/t15-/m0/s1. The predicted molar refractivity (Wildman–Crippen MR) is 133 cm³/mol. The lowest BCUT2D eigenvalue weighted by Gasteiger charge is -2.36. The Balaban J connectivity index is 1.51. The number of non-ortho nitro benzene ring substituents is 1. The van der Waals surface area contributed by atoms with Crippen molar-refractivity contribution in [2.24, 2.45) is 0 Å². The molecule has 1 aliphatic rings. The summed E-state index contributed by atoms with van der Waals surface area (Å²) in [5, 5.41) is 16.9. The number of aryl methyl sites for hydroxylation is 1. The molecular weight excluding hydrogens is 479 g/mol. The van der Waals surface area contributed by atoms with Gasteiger partial charge in [-0.2, -0.15) is 0 Å². The Bertz CT molecular complexity index is 1360. The second-order valence-electron chi connectivity index (χ2n) is 7.87. The molecule has 1 aliphatic heterocycles. The van der Waals surface area contributed by atoms with Gasteiger partial charge in [0.1, 0.15) is 5.82 Å². The molecule has 0 spiro atoms. The van der Waals surface area contributed by atoms with Crippen LogP contribution in [0.25, 0.3) is 0 Å². The highest BCUT2D eigenvalue weighted by Gasteiger charge is 2.34. The van der Waals surface area contributed by atoms with Gasteiger partial charge in [-0.05, 0) is 86.1 Å².